The lowest BCUT2D eigenvalue weighted by Crippen LogP contribution is -2.39. The number of benzene rings is 2. The zero-order valence-electron chi connectivity index (χ0n) is 15.3. The molecular formula is C20H24ClN3O2. The standard InChI is InChI=1S/C20H24ClN3O2/c1-15-7-4-5-8-16(15)12-24(3)20(26)14-23(2)13-19(25)22-18-10-6-9-17(21)11-18/h4-11H,12-14H2,1-3H3,(H,22,25). The van der Waals surface area contributed by atoms with Gasteiger partial charge in [0.05, 0.1) is 13.1 Å². The van der Waals surface area contributed by atoms with Crippen LogP contribution in [0.4, 0.5) is 5.69 Å². The van der Waals surface area contributed by atoms with Crippen LogP contribution >= 0.6 is 11.6 Å². The number of hydrogen-bond acceptors (Lipinski definition) is 3. The molecule has 0 aliphatic rings. The van der Waals surface area contributed by atoms with Crippen molar-refractivity contribution in [3.05, 3.63) is 64.7 Å². The normalized spacial score (nSPS) is 10.7. The lowest BCUT2D eigenvalue weighted by molar-refractivity contribution is -0.131. The molecule has 1 N–H and O–H groups in total. The Kier molecular flexibility index (Phi) is 7.18. The molecule has 5 nitrogen and oxygen atoms in total. The highest BCUT2D eigenvalue weighted by atomic mass is 35.5. The van der Waals surface area contributed by atoms with E-state index in [4.69, 9.17) is 11.6 Å². The van der Waals surface area contributed by atoms with Gasteiger partial charge in [-0.2, -0.15) is 0 Å². The molecule has 2 aromatic rings. The zero-order valence-corrected chi connectivity index (χ0v) is 16.1. The molecule has 0 saturated heterocycles. The number of carbonyl (C=O) groups is 2. The molecule has 0 unspecified atom stereocenters. The average Bonchev–Trinajstić information content (AvgIpc) is 2.56. The first-order valence-electron chi connectivity index (χ1n) is 8.37. The minimum absolute atomic E-state index is 0.0358. The summed E-state index contributed by atoms with van der Waals surface area (Å²) in [5.41, 5.74) is 2.91. The lowest BCUT2D eigenvalue weighted by atomic mass is 10.1. The van der Waals surface area contributed by atoms with Crippen LogP contribution in [0.15, 0.2) is 48.5 Å². The highest BCUT2D eigenvalue weighted by Gasteiger charge is 2.15. The Morgan fingerprint density at radius 1 is 1.04 bits per heavy atom. The first-order chi connectivity index (χ1) is 12.3. The van der Waals surface area contributed by atoms with Gasteiger partial charge < -0.3 is 10.2 Å². The third-order valence-electron chi connectivity index (χ3n) is 4.02. The highest BCUT2D eigenvalue weighted by molar-refractivity contribution is 6.30. The topological polar surface area (TPSA) is 52.7 Å². The molecule has 0 radical (unpaired) electrons. The Bertz CT molecular complexity index is 779. The summed E-state index contributed by atoms with van der Waals surface area (Å²) in [5.74, 6) is -0.226. The van der Waals surface area contributed by atoms with Crippen molar-refractivity contribution >= 4 is 29.1 Å². The van der Waals surface area contributed by atoms with Gasteiger partial charge in [-0.15, -0.1) is 0 Å². The quantitative estimate of drug-likeness (QED) is 0.811. The van der Waals surface area contributed by atoms with Crippen molar-refractivity contribution in [1.82, 2.24) is 9.80 Å². The van der Waals surface area contributed by atoms with E-state index in [2.05, 4.69) is 5.32 Å². The van der Waals surface area contributed by atoms with E-state index in [0.29, 0.717) is 17.3 Å². The molecule has 0 heterocycles. The van der Waals surface area contributed by atoms with E-state index in [9.17, 15) is 9.59 Å². The SMILES string of the molecule is Cc1ccccc1CN(C)C(=O)CN(C)CC(=O)Nc1cccc(Cl)c1. The molecule has 0 aliphatic heterocycles. The number of likely N-dealkylation sites (N-methyl/N-ethyl adjacent to an activating group) is 2. The number of rotatable bonds is 7. The largest absolute Gasteiger partial charge is 0.340 e. The van der Waals surface area contributed by atoms with Crippen LogP contribution in [-0.2, 0) is 16.1 Å². The lowest BCUT2D eigenvalue weighted by Gasteiger charge is -2.22. The fraction of sp³-hybridized carbons (Fsp3) is 0.300. The van der Waals surface area contributed by atoms with Gasteiger partial charge in [0.25, 0.3) is 0 Å². The number of halogens is 1. The smallest absolute Gasteiger partial charge is 0.238 e. The Labute approximate surface area is 159 Å². The number of aryl methyl sites for hydroxylation is 1. The number of amides is 2. The summed E-state index contributed by atoms with van der Waals surface area (Å²) in [6.07, 6.45) is 0. The summed E-state index contributed by atoms with van der Waals surface area (Å²) in [6.45, 7) is 2.87. The van der Waals surface area contributed by atoms with Crippen LogP contribution in [0.3, 0.4) is 0 Å². The molecule has 2 amide bonds. The molecule has 0 bridgehead atoms. The van der Waals surface area contributed by atoms with Gasteiger partial charge in [0.1, 0.15) is 0 Å². The van der Waals surface area contributed by atoms with E-state index in [1.807, 2.05) is 31.2 Å². The maximum atomic E-state index is 12.4. The molecule has 0 atom stereocenters. The molecule has 26 heavy (non-hydrogen) atoms. The minimum Gasteiger partial charge on any atom is -0.340 e. The predicted octanol–water partition coefficient (Wildman–Crippen LogP) is 3.18. The number of carbonyl (C=O) groups excluding carboxylic acids is 2. The molecule has 0 aromatic heterocycles. The van der Waals surface area contributed by atoms with E-state index in [1.165, 1.54) is 0 Å². The molecule has 0 spiro atoms. The van der Waals surface area contributed by atoms with Gasteiger partial charge in [-0.1, -0.05) is 41.9 Å². The van der Waals surface area contributed by atoms with Gasteiger partial charge in [-0.25, -0.2) is 0 Å². The zero-order chi connectivity index (χ0) is 19.1. The number of hydrogen-bond donors (Lipinski definition) is 1. The van der Waals surface area contributed by atoms with Gasteiger partial charge in [0.15, 0.2) is 0 Å². The van der Waals surface area contributed by atoms with Crippen LogP contribution in [0.5, 0.6) is 0 Å². The summed E-state index contributed by atoms with van der Waals surface area (Å²) in [5, 5.41) is 3.33. The predicted molar refractivity (Wildman–Crippen MR) is 105 cm³/mol. The van der Waals surface area contributed by atoms with Crippen molar-refractivity contribution in [2.24, 2.45) is 0 Å². The molecule has 2 aromatic carbocycles. The van der Waals surface area contributed by atoms with Gasteiger partial charge in [-0.05, 0) is 43.3 Å². The number of nitrogens with one attached hydrogen (secondary N) is 1. The van der Waals surface area contributed by atoms with Gasteiger partial charge in [-0.3, -0.25) is 14.5 Å². The summed E-state index contributed by atoms with van der Waals surface area (Å²) >= 11 is 5.90. The minimum atomic E-state index is -0.191. The van der Waals surface area contributed by atoms with Crippen molar-refractivity contribution in [3.63, 3.8) is 0 Å². The Hall–Kier alpha value is -2.37. The van der Waals surface area contributed by atoms with Crippen molar-refractivity contribution in [1.29, 1.82) is 0 Å². The fourth-order valence-electron chi connectivity index (χ4n) is 2.55. The van der Waals surface area contributed by atoms with Crippen LogP contribution < -0.4 is 5.32 Å². The maximum Gasteiger partial charge on any atom is 0.238 e. The summed E-state index contributed by atoms with van der Waals surface area (Å²) < 4.78 is 0. The second kappa shape index (κ2) is 9.36. The molecule has 6 heteroatoms. The monoisotopic (exact) mass is 373 g/mol. The van der Waals surface area contributed by atoms with Gasteiger partial charge in [0, 0.05) is 24.3 Å². The van der Waals surface area contributed by atoms with Crippen LogP contribution in [0.1, 0.15) is 11.1 Å². The molecule has 138 valence electrons. The van der Waals surface area contributed by atoms with Crippen LogP contribution in [0.2, 0.25) is 5.02 Å². The van der Waals surface area contributed by atoms with E-state index in [0.717, 1.165) is 11.1 Å². The highest BCUT2D eigenvalue weighted by Crippen LogP contribution is 2.14. The van der Waals surface area contributed by atoms with E-state index >= 15 is 0 Å². The van der Waals surface area contributed by atoms with E-state index < -0.39 is 0 Å². The van der Waals surface area contributed by atoms with E-state index in [-0.39, 0.29) is 24.9 Å². The summed E-state index contributed by atoms with van der Waals surface area (Å²) in [4.78, 5) is 27.9. The summed E-state index contributed by atoms with van der Waals surface area (Å²) in [6, 6.07) is 14.9. The molecule has 0 saturated carbocycles. The van der Waals surface area contributed by atoms with Crippen molar-refractivity contribution in [2.45, 2.75) is 13.5 Å². The Morgan fingerprint density at radius 2 is 1.77 bits per heavy atom. The first-order valence-corrected chi connectivity index (χ1v) is 8.75. The second-order valence-corrected chi connectivity index (χ2v) is 6.84. The number of anilines is 1. The van der Waals surface area contributed by atoms with Gasteiger partial charge in [0.2, 0.25) is 11.8 Å². The number of nitrogens with zero attached hydrogens (tertiary/aromatic N) is 2. The Morgan fingerprint density at radius 3 is 2.46 bits per heavy atom. The van der Waals surface area contributed by atoms with Crippen LogP contribution in [0.25, 0.3) is 0 Å². The molecule has 0 fully saturated rings. The first kappa shape index (κ1) is 19.9. The Balaban J connectivity index is 1.82. The fourth-order valence-corrected chi connectivity index (χ4v) is 2.74. The van der Waals surface area contributed by atoms with Crippen molar-refractivity contribution < 1.29 is 9.59 Å². The third kappa shape index (κ3) is 6.17. The maximum absolute atomic E-state index is 12.4. The molecule has 2 rings (SSSR count). The van der Waals surface area contributed by atoms with E-state index in [1.54, 1.807) is 48.2 Å². The summed E-state index contributed by atoms with van der Waals surface area (Å²) in [7, 11) is 3.52. The van der Waals surface area contributed by atoms with Crippen LogP contribution in [-0.4, -0.2) is 48.8 Å². The third-order valence-corrected chi connectivity index (χ3v) is 4.26. The average molecular weight is 374 g/mol. The second-order valence-electron chi connectivity index (χ2n) is 6.41. The van der Waals surface area contributed by atoms with Crippen molar-refractivity contribution in [2.75, 3.05) is 32.5 Å². The van der Waals surface area contributed by atoms with Crippen LogP contribution in [0, 0.1) is 6.92 Å². The van der Waals surface area contributed by atoms with Crippen molar-refractivity contribution in [3.8, 4) is 0 Å². The van der Waals surface area contributed by atoms with Gasteiger partial charge >= 0.3 is 0 Å². The molecular weight excluding hydrogens is 350 g/mol. The molecule has 0 aliphatic carbocycles.